The molecule has 0 aliphatic heterocycles. The van der Waals surface area contributed by atoms with Crippen LogP contribution in [0.25, 0.3) is 10.4 Å². The molecule has 0 unspecified atom stereocenters. The molecule has 11 heteroatoms. The van der Waals surface area contributed by atoms with Gasteiger partial charge in [-0.3, -0.25) is 9.59 Å². The van der Waals surface area contributed by atoms with Crippen LogP contribution in [-0.2, 0) is 11.0 Å². The highest BCUT2D eigenvalue weighted by atomic mass is 32.1. The molecule has 0 bridgehead atoms. The van der Waals surface area contributed by atoms with Crippen LogP contribution in [0.1, 0.15) is 28.1 Å². The van der Waals surface area contributed by atoms with Crippen LogP contribution in [0, 0.1) is 17.7 Å². The van der Waals surface area contributed by atoms with E-state index in [0.717, 1.165) is 10.4 Å². The number of nitrogens with one attached hydrogen (secondary N) is 2. The molecule has 1 aromatic heterocycles. The highest BCUT2D eigenvalue weighted by Crippen LogP contribution is 2.39. The van der Waals surface area contributed by atoms with Crippen molar-refractivity contribution < 1.29 is 37.1 Å². The monoisotopic (exact) mass is 506 g/mol. The highest BCUT2D eigenvalue weighted by molar-refractivity contribution is 7.17. The standard InChI is InChI=1S/C24H18F4N2O4S/c25-17-8-3-13(24(26,27)28)11-18(17)30-23(34)29-14-4-1-12(2-5-14)19-9-10-20(35-19)21(31)15-6-7-16(15)22(32)33/h1-5,8-11,15-16H,6-7H2,(H,32,33)(H2,29,30,34)/t15-,16-/m1/s1. The number of Topliss-reactive ketones (excluding diaryl/α,β-unsaturated/α-hetero) is 1. The van der Waals surface area contributed by atoms with Gasteiger partial charge in [0.1, 0.15) is 5.82 Å². The summed E-state index contributed by atoms with van der Waals surface area (Å²) in [6.07, 6.45) is -3.64. The van der Waals surface area contributed by atoms with Gasteiger partial charge in [0.05, 0.1) is 22.0 Å². The third kappa shape index (κ3) is 5.35. The number of aliphatic carboxylic acids is 1. The van der Waals surface area contributed by atoms with Crippen LogP contribution in [0.3, 0.4) is 0 Å². The zero-order chi connectivity index (χ0) is 25.3. The summed E-state index contributed by atoms with van der Waals surface area (Å²) in [6, 6.07) is 10.6. The topological polar surface area (TPSA) is 95.5 Å². The Morgan fingerprint density at radius 1 is 0.914 bits per heavy atom. The molecule has 2 aromatic carbocycles. The van der Waals surface area contributed by atoms with Gasteiger partial charge in [0, 0.05) is 16.5 Å². The van der Waals surface area contributed by atoms with Gasteiger partial charge in [-0.1, -0.05) is 12.1 Å². The summed E-state index contributed by atoms with van der Waals surface area (Å²) in [6.45, 7) is 0. The number of carboxylic acid groups (broad SMARTS) is 1. The number of rotatable bonds is 6. The first-order valence-corrected chi connectivity index (χ1v) is 11.3. The van der Waals surface area contributed by atoms with Gasteiger partial charge in [0.25, 0.3) is 0 Å². The number of amides is 2. The SMILES string of the molecule is O=C(Nc1ccc(-c2ccc(C(=O)[C@@H]3CC[C@H]3C(=O)O)s2)cc1)Nc1cc(C(F)(F)F)ccc1F. The third-order valence-electron chi connectivity index (χ3n) is 5.75. The zero-order valence-corrected chi connectivity index (χ0v) is 18.7. The Kier molecular flexibility index (Phi) is 6.62. The van der Waals surface area contributed by atoms with Gasteiger partial charge in [-0.05, 0) is 60.9 Å². The molecular weight excluding hydrogens is 488 g/mol. The number of ketones is 1. The molecule has 3 N–H and O–H groups in total. The number of carbonyl (C=O) groups excluding carboxylic acids is 2. The van der Waals surface area contributed by atoms with E-state index < -0.39 is 47.1 Å². The predicted molar refractivity (Wildman–Crippen MR) is 122 cm³/mol. The van der Waals surface area contributed by atoms with Crippen molar-refractivity contribution >= 4 is 40.5 Å². The number of benzene rings is 2. The van der Waals surface area contributed by atoms with Crippen LogP contribution < -0.4 is 10.6 Å². The van der Waals surface area contributed by atoms with Gasteiger partial charge in [-0.2, -0.15) is 13.2 Å². The number of hydrogen-bond donors (Lipinski definition) is 3. The minimum Gasteiger partial charge on any atom is -0.481 e. The van der Waals surface area contributed by atoms with E-state index >= 15 is 0 Å². The molecule has 0 radical (unpaired) electrons. The van der Waals surface area contributed by atoms with E-state index in [1.165, 1.54) is 11.3 Å². The van der Waals surface area contributed by atoms with E-state index in [4.69, 9.17) is 5.11 Å². The number of carbonyl (C=O) groups is 3. The molecule has 1 fully saturated rings. The van der Waals surface area contributed by atoms with Crippen molar-refractivity contribution in [3.8, 4) is 10.4 Å². The van der Waals surface area contributed by atoms with Gasteiger partial charge in [0.2, 0.25) is 0 Å². The van der Waals surface area contributed by atoms with E-state index in [-0.39, 0.29) is 5.78 Å². The molecule has 1 aliphatic rings. The van der Waals surface area contributed by atoms with Crippen molar-refractivity contribution in [3.63, 3.8) is 0 Å². The maximum absolute atomic E-state index is 13.8. The largest absolute Gasteiger partial charge is 0.481 e. The maximum Gasteiger partial charge on any atom is 0.416 e. The lowest BCUT2D eigenvalue weighted by Gasteiger charge is -2.31. The molecule has 3 aromatic rings. The second-order valence-electron chi connectivity index (χ2n) is 8.01. The molecule has 2 amide bonds. The Labute approximate surface area is 200 Å². The molecule has 35 heavy (non-hydrogen) atoms. The first kappa shape index (κ1) is 24.4. The second kappa shape index (κ2) is 9.49. The average Bonchev–Trinajstić information content (AvgIpc) is 3.24. The van der Waals surface area contributed by atoms with Crippen LogP contribution in [0.2, 0.25) is 0 Å². The Balaban J connectivity index is 1.40. The Morgan fingerprint density at radius 2 is 1.60 bits per heavy atom. The van der Waals surface area contributed by atoms with Crippen LogP contribution in [0.5, 0.6) is 0 Å². The molecule has 0 saturated heterocycles. The van der Waals surface area contributed by atoms with Crippen LogP contribution >= 0.6 is 11.3 Å². The molecule has 2 atom stereocenters. The maximum atomic E-state index is 13.8. The lowest BCUT2D eigenvalue weighted by atomic mass is 9.71. The highest BCUT2D eigenvalue weighted by Gasteiger charge is 2.42. The normalized spacial score (nSPS) is 17.4. The van der Waals surface area contributed by atoms with Crippen molar-refractivity contribution in [1.29, 1.82) is 0 Å². The number of thiophene rings is 1. The summed E-state index contributed by atoms with van der Waals surface area (Å²) in [7, 11) is 0. The summed E-state index contributed by atoms with van der Waals surface area (Å²) in [4.78, 5) is 37.2. The molecule has 0 spiro atoms. The molecule has 6 nitrogen and oxygen atoms in total. The van der Waals surface area contributed by atoms with E-state index in [2.05, 4.69) is 10.6 Å². The molecule has 1 heterocycles. The number of urea groups is 1. The van der Waals surface area contributed by atoms with Crippen LogP contribution in [-0.4, -0.2) is 22.9 Å². The predicted octanol–water partition coefficient (Wildman–Crippen LogP) is 6.51. The van der Waals surface area contributed by atoms with Crippen LogP contribution in [0.15, 0.2) is 54.6 Å². The number of anilines is 2. The minimum absolute atomic E-state index is 0.184. The average molecular weight is 506 g/mol. The Morgan fingerprint density at radius 3 is 2.20 bits per heavy atom. The zero-order valence-electron chi connectivity index (χ0n) is 17.9. The number of halogens is 4. The third-order valence-corrected chi connectivity index (χ3v) is 6.90. The summed E-state index contributed by atoms with van der Waals surface area (Å²) in [5.74, 6) is -3.31. The lowest BCUT2D eigenvalue weighted by Crippen LogP contribution is -2.37. The van der Waals surface area contributed by atoms with Crippen LogP contribution in [0.4, 0.5) is 33.7 Å². The summed E-state index contributed by atoms with van der Waals surface area (Å²) in [5.41, 5.74) is -0.651. The Hall–Kier alpha value is -3.73. The van der Waals surface area contributed by atoms with E-state index in [1.807, 2.05) is 0 Å². The molecule has 1 saturated carbocycles. The fraction of sp³-hybridized carbons (Fsp3) is 0.208. The fourth-order valence-corrected chi connectivity index (χ4v) is 4.73. The Bertz CT molecular complexity index is 1290. The van der Waals surface area contributed by atoms with Gasteiger partial charge in [-0.15, -0.1) is 11.3 Å². The van der Waals surface area contributed by atoms with Crippen molar-refractivity contribution in [3.05, 3.63) is 70.9 Å². The fourth-order valence-electron chi connectivity index (χ4n) is 3.72. The lowest BCUT2D eigenvalue weighted by molar-refractivity contribution is -0.146. The van der Waals surface area contributed by atoms with Gasteiger partial charge in [0.15, 0.2) is 5.78 Å². The summed E-state index contributed by atoms with van der Waals surface area (Å²) >= 11 is 1.24. The van der Waals surface area contributed by atoms with Gasteiger partial charge >= 0.3 is 18.2 Å². The molecular formula is C24H18F4N2O4S. The number of carboxylic acids is 1. The van der Waals surface area contributed by atoms with E-state index in [1.54, 1.807) is 36.4 Å². The first-order chi connectivity index (χ1) is 16.5. The van der Waals surface area contributed by atoms with Crippen molar-refractivity contribution in [2.24, 2.45) is 11.8 Å². The molecule has 182 valence electrons. The summed E-state index contributed by atoms with van der Waals surface area (Å²) < 4.78 is 52.3. The van der Waals surface area contributed by atoms with Crippen molar-refractivity contribution in [1.82, 2.24) is 0 Å². The van der Waals surface area contributed by atoms with Crippen molar-refractivity contribution in [2.45, 2.75) is 19.0 Å². The second-order valence-corrected chi connectivity index (χ2v) is 9.09. The van der Waals surface area contributed by atoms with E-state index in [0.29, 0.717) is 41.6 Å². The van der Waals surface area contributed by atoms with E-state index in [9.17, 15) is 31.9 Å². The quantitative estimate of drug-likeness (QED) is 0.262. The molecule has 1 aliphatic carbocycles. The van der Waals surface area contributed by atoms with Gasteiger partial charge < -0.3 is 15.7 Å². The molecule has 4 rings (SSSR count). The first-order valence-electron chi connectivity index (χ1n) is 10.4. The van der Waals surface area contributed by atoms with Gasteiger partial charge in [-0.25, -0.2) is 9.18 Å². The summed E-state index contributed by atoms with van der Waals surface area (Å²) in [5, 5.41) is 13.6. The van der Waals surface area contributed by atoms with Crippen molar-refractivity contribution in [2.75, 3.05) is 10.6 Å². The number of alkyl halides is 3. The number of hydrogen-bond acceptors (Lipinski definition) is 4. The minimum atomic E-state index is -4.68. The smallest absolute Gasteiger partial charge is 0.416 e.